The van der Waals surface area contributed by atoms with E-state index in [1.54, 1.807) is 24.3 Å². The minimum Gasteiger partial charge on any atom is -0.299 e. The second kappa shape index (κ2) is 5.80. The van der Waals surface area contributed by atoms with Gasteiger partial charge in [-0.05, 0) is 18.1 Å². The number of carbonyl (C=O) groups excluding carboxylic acids is 2. The van der Waals surface area contributed by atoms with E-state index in [0.29, 0.717) is 17.0 Å². The van der Waals surface area contributed by atoms with Crippen LogP contribution in [-0.2, 0) is 4.79 Å². The van der Waals surface area contributed by atoms with Crippen molar-refractivity contribution in [1.29, 1.82) is 0 Å². The molecule has 0 amide bonds. The van der Waals surface area contributed by atoms with Crippen molar-refractivity contribution in [3.63, 3.8) is 0 Å². The van der Waals surface area contributed by atoms with Gasteiger partial charge in [-0.1, -0.05) is 37.6 Å². The molecule has 0 spiro atoms. The third kappa shape index (κ3) is 3.78. The Hall–Kier alpha value is -1.15. The number of hydrogen-bond acceptors (Lipinski definition) is 2. The summed E-state index contributed by atoms with van der Waals surface area (Å²) in [5.41, 5.74) is 0.432. The molecule has 0 atom stereocenters. The van der Waals surface area contributed by atoms with Crippen molar-refractivity contribution >= 4 is 23.2 Å². The Morgan fingerprint density at radius 3 is 2.44 bits per heavy atom. The van der Waals surface area contributed by atoms with Crippen LogP contribution in [0.5, 0.6) is 0 Å². The van der Waals surface area contributed by atoms with Gasteiger partial charge < -0.3 is 0 Å². The number of ketones is 2. The smallest absolute Gasteiger partial charge is 0.171 e. The van der Waals surface area contributed by atoms with Crippen LogP contribution in [0.1, 0.15) is 37.0 Å². The third-order valence-electron chi connectivity index (χ3n) is 2.17. The molecule has 1 aromatic rings. The molecule has 0 N–H and O–H groups in total. The largest absolute Gasteiger partial charge is 0.299 e. The predicted molar refractivity (Wildman–Crippen MR) is 64.9 cm³/mol. The standard InChI is InChI=1S/C13H15ClO2/c1-9(2)7-10(15)8-13(16)11-5-3-4-6-12(11)14/h3-6,9H,7-8H2,1-2H3. The summed E-state index contributed by atoms with van der Waals surface area (Å²) in [5, 5.41) is 0.407. The molecule has 1 rings (SSSR count). The Kier molecular flexibility index (Phi) is 4.69. The van der Waals surface area contributed by atoms with E-state index in [1.165, 1.54) is 0 Å². The maximum absolute atomic E-state index is 11.8. The molecule has 0 unspecified atom stereocenters. The molecule has 0 heterocycles. The molecule has 2 nitrogen and oxygen atoms in total. The first-order valence-electron chi connectivity index (χ1n) is 5.30. The van der Waals surface area contributed by atoms with E-state index in [1.807, 2.05) is 13.8 Å². The second-order valence-electron chi connectivity index (χ2n) is 4.22. The first-order valence-corrected chi connectivity index (χ1v) is 5.68. The average molecular weight is 239 g/mol. The van der Waals surface area contributed by atoms with Gasteiger partial charge in [-0.2, -0.15) is 0 Å². The fourth-order valence-electron chi connectivity index (χ4n) is 1.49. The van der Waals surface area contributed by atoms with Gasteiger partial charge in [0, 0.05) is 12.0 Å². The zero-order valence-corrected chi connectivity index (χ0v) is 10.3. The molecule has 0 aliphatic heterocycles. The zero-order chi connectivity index (χ0) is 12.1. The molecular weight excluding hydrogens is 224 g/mol. The second-order valence-corrected chi connectivity index (χ2v) is 4.62. The Morgan fingerprint density at radius 2 is 1.88 bits per heavy atom. The van der Waals surface area contributed by atoms with Crippen LogP contribution in [0.4, 0.5) is 0 Å². The maximum Gasteiger partial charge on any atom is 0.171 e. The summed E-state index contributed by atoms with van der Waals surface area (Å²) < 4.78 is 0. The van der Waals surface area contributed by atoms with Gasteiger partial charge >= 0.3 is 0 Å². The molecule has 0 radical (unpaired) electrons. The lowest BCUT2D eigenvalue weighted by atomic mass is 10.0. The van der Waals surface area contributed by atoms with Crippen LogP contribution in [0, 0.1) is 5.92 Å². The Balaban J connectivity index is 2.66. The van der Waals surface area contributed by atoms with E-state index >= 15 is 0 Å². The Labute approximate surface area is 101 Å². The molecule has 0 fully saturated rings. The molecule has 0 bridgehead atoms. The number of hydrogen-bond donors (Lipinski definition) is 0. The molecule has 1 aromatic carbocycles. The lowest BCUT2D eigenvalue weighted by Crippen LogP contribution is -2.10. The minimum atomic E-state index is -0.198. The van der Waals surface area contributed by atoms with Gasteiger partial charge in [0.25, 0.3) is 0 Å². The summed E-state index contributed by atoms with van der Waals surface area (Å²) in [4.78, 5) is 23.2. The average Bonchev–Trinajstić information content (AvgIpc) is 2.16. The summed E-state index contributed by atoms with van der Waals surface area (Å²) >= 11 is 5.88. The van der Waals surface area contributed by atoms with Crippen molar-refractivity contribution in [1.82, 2.24) is 0 Å². The Bertz CT molecular complexity index is 397. The lowest BCUT2D eigenvalue weighted by Gasteiger charge is -2.04. The van der Waals surface area contributed by atoms with E-state index in [9.17, 15) is 9.59 Å². The molecule has 0 aliphatic carbocycles. The molecule has 0 aliphatic rings. The quantitative estimate of drug-likeness (QED) is 0.581. The van der Waals surface area contributed by atoms with Crippen LogP contribution in [0.2, 0.25) is 5.02 Å². The van der Waals surface area contributed by atoms with Crippen molar-refractivity contribution in [2.24, 2.45) is 5.92 Å². The highest BCUT2D eigenvalue weighted by Crippen LogP contribution is 2.17. The summed E-state index contributed by atoms with van der Waals surface area (Å²) in [6, 6.07) is 6.80. The molecule has 86 valence electrons. The fraction of sp³-hybridized carbons (Fsp3) is 0.385. The highest BCUT2D eigenvalue weighted by atomic mass is 35.5. The van der Waals surface area contributed by atoms with Crippen molar-refractivity contribution < 1.29 is 9.59 Å². The van der Waals surface area contributed by atoms with E-state index in [0.717, 1.165) is 0 Å². The highest BCUT2D eigenvalue weighted by Gasteiger charge is 2.14. The number of carbonyl (C=O) groups is 2. The normalized spacial score (nSPS) is 10.5. The molecule has 0 aromatic heterocycles. The van der Waals surface area contributed by atoms with Gasteiger partial charge in [-0.3, -0.25) is 9.59 Å². The minimum absolute atomic E-state index is 0.0279. The van der Waals surface area contributed by atoms with Crippen LogP contribution in [0.15, 0.2) is 24.3 Å². The van der Waals surface area contributed by atoms with E-state index in [4.69, 9.17) is 11.6 Å². The maximum atomic E-state index is 11.8. The summed E-state index contributed by atoms with van der Waals surface area (Å²) in [6.07, 6.45) is 0.387. The monoisotopic (exact) mass is 238 g/mol. The lowest BCUT2D eigenvalue weighted by molar-refractivity contribution is -0.118. The van der Waals surface area contributed by atoms with E-state index < -0.39 is 0 Å². The highest BCUT2D eigenvalue weighted by molar-refractivity contribution is 6.34. The molecule has 0 saturated heterocycles. The van der Waals surface area contributed by atoms with Gasteiger partial charge in [0.2, 0.25) is 0 Å². The third-order valence-corrected chi connectivity index (χ3v) is 2.50. The van der Waals surface area contributed by atoms with E-state index in [-0.39, 0.29) is 23.9 Å². The first-order chi connectivity index (χ1) is 7.50. The van der Waals surface area contributed by atoms with Gasteiger partial charge in [-0.15, -0.1) is 0 Å². The van der Waals surface area contributed by atoms with Crippen molar-refractivity contribution in [2.75, 3.05) is 0 Å². The van der Waals surface area contributed by atoms with E-state index in [2.05, 4.69) is 0 Å². The van der Waals surface area contributed by atoms with Crippen molar-refractivity contribution in [3.05, 3.63) is 34.9 Å². The van der Waals surface area contributed by atoms with Gasteiger partial charge in [0.15, 0.2) is 5.78 Å². The van der Waals surface area contributed by atoms with Crippen LogP contribution < -0.4 is 0 Å². The van der Waals surface area contributed by atoms with Crippen LogP contribution in [-0.4, -0.2) is 11.6 Å². The van der Waals surface area contributed by atoms with Crippen LogP contribution >= 0.6 is 11.6 Å². The summed E-state index contributed by atoms with van der Waals surface area (Å²) in [7, 11) is 0. The van der Waals surface area contributed by atoms with Gasteiger partial charge in [-0.25, -0.2) is 0 Å². The van der Waals surface area contributed by atoms with Crippen molar-refractivity contribution in [3.8, 4) is 0 Å². The predicted octanol–water partition coefficient (Wildman–Crippen LogP) is 3.53. The van der Waals surface area contributed by atoms with Gasteiger partial charge in [0.1, 0.15) is 5.78 Å². The molecule has 3 heteroatoms. The number of Topliss-reactive ketones (excluding diaryl/α,β-unsaturated/α-hetero) is 2. The number of halogens is 1. The number of benzene rings is 1. The zero-order valence-electron chi connectivity index (χ0n) is 9.50. The molecule has 0 saturated carbocycles. The topological polar surface area (TPSA) is 34.1 Å². The van der Waals surface area contributed by atoms with Gasteiger partial charge in [0.05, 0.1) is 11.4 Å². The first kappa shape index (κ1) is 12.9. The number of rotatable bonds is 5. The SMILES string of the molecule is CC(C)CC(=O)CC(=O)c1ccccc1Cl. The van der Waals surface area contributed by atoms with Crippen molar-refractivity contribution in [2.45, 2.75) is 26.7 Å². The van der Waals surface area contributed by atoms with Crippen LogP contribution in [0.25, 0.3) is 0 Å². The van der Waals surface area contributed by atoms with Crippen LogP contribution in [0.3, 0.4) is 0 Å². The fourth-order valence-corrected chi connectivity index (χ4v) is 1.73. The summed E-state index contributed by atoms with van der Waals surface area (Å²) in [5.74, 6) is 0.0581. The summed E-state index contributed by atoms with van der Waals surface area (Å²) in [6.45, 7) is 3.91. The Morgan fingerprint density at radius 1 is 1.25 bits per heavy atom. The molecular formula is C13H15ClO2. The molecule has 16 heavy (non-hydrogen) atoms.